The van der Waals surface area contributed by atoms with Gasteiger partial charge in [-0.1, -0.05) is 24.3 Å². The van der Waals surface area contributed by atoms with E-state index in [0.717, 1.165) is 13.0 Å². The first-order chi connectivity index (χ1) is 13.5. The van der Waals surface area contributed by atoms with Crippen LogP contribution in [0.5, 0.6) is 0 Å². The van der Waals surface area contributed by atoms with Crippen molar-refractivity contribution in [1.29, 1.82) is 0 Å². The van der Waals surface area contributed by atoms with Crippen molar-refractivity contribution in [2.75, 3.05) is 17.9 Å². The number of nitrogens with zero attached hydrogens (tertiary/aromatic N) is 3. The third-order valence-electron chi connectivity index (χ3n) is 4.31. The zero-order valence-electron chi connectivity index (χ0n) is 15.5. The molecule has 7 nitrogen and oxygen atoms in total. The van der Waals surface area contributed by atoms with E-state index in [2.05, 4.69) is 10.3 Å². The molecule has 2 aromatic carbocycles. The number of hydrogen-bond donors (Lipinski definition) is 1. The Balaban J connectivity index is 1.66. The Morgan fingerprint density at radius 2 is 1.93 bits per heavy atom. The summed E-state index contributed by atoms with van der Waals surface area (Å²) < 4.78 is 28.9. The van der Waals surface area contributed by atoms with Crippen LogP contribution < -0.4 is 9.62 Å². The van der Waals surface area contributed by atoms with Crippen LogP contribution >= 0.6 is 0 Å². The van der Waals surface area contributed by atoms with Gasteiger partial charge >= 0.3 is 0 Å². The zero-order chi connectivity index (χ0) is 20.0. The number of sulfonamides is 1. The Morgan fingerprint density at radius 3 is 2.64 bits per heavy atom. The summed E-state index contributed by atoms with van der Waals surface area (Å²) in [6.45, 7) is 1.23. The lowest BCUT2D eigenvalue weighted by atomic mass is 10.2. The van der Waals surface area contributed by atoms with E-state index in [-0.39, 0.29) is 10.8 Å². The van der Waals surface area contributed by atoms with Crippen LogP contribution in [0.4, 0.5) is 5.69 Å². The van der Waals surface area contributed by atoms with Gasteiger partial charge in [-0.15, -0.1) is 0 Å². The third kappa shape index (κ3) is 4.58. The van der Waals surface area contributed by atoms with E-state index in [4.69, 9.17) is 0 Å². The number of carbonyl (C=O) groups is 1. The fraction of sp³-hybridized carbons (Fsp3) is 0.200. The van der Waals surface area contributed by atoms with Gasteiger partial charge in [0.1, 0.15) is 0 Å². The third-order valence-corrected chi connectivity index (χ3v) is 6.09. The lowest BCUT2D eigenvalue weighted by Gasteiger charge is -2.19. The number of amides is 1. The Morgan fingerprint density at radius 1 is 1.14 bits per heavy atom. The highest BCUT2D eigenvalue weighted by Crippen LogP contribution is 2.22. The number of hydrogen-bond acceptors (Lipinski definition) is 4. The standard InChI is InChI=1S/C20H22N4O3S/c1-23(18-8-3-2-4-9-18)28(26,27)19-10-5-7-17(15-19)20(25)22-11-6-13-24-14-12-21-16-24/h2-5,7-10,12,14-16H,6,11,13H2,1H3,(H,22,25). The maximum atomic E-state index is 12.9. The molecule has 0 radical (unpaired) electrons. The van der Waals surface area contributed by atoms with Crippen LogP contribution in [0.15, 0.2) is 78.2 Å². The molecule has 3 rings (SSSR count). The summed E-state index contributed by atoms with van der Waals surface area (Å²) >= 11 is 0. The summed E-state index contributed by atoms with van der Waals surface area (Å²) in [4.78, 5) is 16.4. The molecule has 1 N–H and O–H groups in total. The van der Waals surface area contributed by atoms with Crippen LogP contribution in [0, 0.1) is 0 Å². The molecule has 0 aliphatic carbocycles. The van der Waals surface area contributed by atoms with Gasteiger partial charge in [-0.05, 0) is 36.8 Å². The highest BCUT2D eigenvalue weighted by Gasteiger charge is 2.22. The van der Waals surface area contributed by atoms with E-state index in [1.165, 1.54) is 23.5 Å². The number of carbonyl (C=O) groups excluding carboxylic acids is 1. The zero-order valence-corrected chi connectivity index (χ0v) is 16.3. The van der Waals surface area contributed by atoms with Gasteiger partial charge in [0.05, 0.1) is 16.9 Å². The number of aryl methyl sites for hydroxylation is 1. The van der Waals surface area contributed by atoms with Crippen LogP contribution in [0.2, 0.25) is 0 Å². The predicted molar refractivity (Wildman–Crippen MR) is 108 cm³/mol. The van der Waals surface area contributed by atoms with Gasteiger partial charge in [-0.25, -0.2) is 13.4 Å². The van der Waals surface area contributed by atoms with Crippen molar-refractivity contribution in [3.05, 3.63) is 78.9 Å². The number of rotatable bonds is 8. The summed E-state index contributed by atoms with van der Waals surface area (Å²) in [6.07, 6.45) is 6.03. The van der Waals surface area contributed by atoms with Crippen molar-refractivity contribution in [1.82, 2.24) is 14.9 Å². The summed E-state index contributed by atoms with van der Waals surface area (Å²) in [6, 6.07) is 14.9. The van der Waals surface area contributed by atoms with Crippen molar-refractivity contribution < 1.29 is 13.2 Å². The Kier molecular flexibility index (Phi) is 6.10. The quantitative estimate of drug-likeness (QED) is 0.591. The number of imidazole rings is 1. The molecule has 28 heavy (non-hydrogen) atoms. The van der Waals surface area contributed by atoms with Crippen LogP contribution in [0.3, 0.4) is 0 Å². The molecule has 0 unspecified atom stereocenters. The molecule has 146 valence electrons. The molecule has 0 spiro atoms. The molecule has 0 bridgehead atoms. The second-order valence-corrected chi connectivity index (χ2v) is 8.22. The highest BCUT2D eigenvalue weighted by molar-refractivity contribution is 7.92. The SMILES string of the molecule is CN(c1ccccc1)S(=O)(=O)c1cccc(C(=O)NCCCn2ccnc2)c1. The summed E-state index contributed by atoms with van der Waals surface area (Å²) in [5, 5.41) is 2.82. The predicted octanol–water partition coefficient (Wildman–Crippen LogP) is 2.53. The van der Waals surface area contributed by atoms with Crippen molar-refractivity contribution in [3.8, 4) is 0 Å². The molecule has 0 aliphatic heterocycles. The molecule has 0 fully saturated rings. The second kappa shape index (κ2) is 8.71. The van der Waals surface area contributed by atoms with Crippen molar-refractivity contribution in [2.24, 2.45) is 0 Å². The number of benzene rings is 2. The molecule has 3 aromatic rings. The number of para-hydroxylation sites is 1. The van der Waals surface area contributed by atoms with E-state index in [9.17, 15) is 13.2 Å². The molecule has 0 saturated carbocycles. The van der Waals surface area contributed by atoms with Crippen molar-refractivity contribution >= 4 is 21.6 Å². The minimum atomic E-state index is -3.76. The summed E-state index contributed by atoms with van der Waals surface area (Å²) in [7, 11) is -2.27. The second-order valence-electron chi connectivity index (χ2n) is 6.25. The molecule has 8 heteroatoms. The van der Waals surface area contributed by atoms with Crippen LogP contribution in [-0.4, -0.2) is 37.5 Å². The van der Waals surface area contributed by atoms with E-state index in [1.807, 2.05) is 16.8 Å². The minimum absolute atomic E-state index is 0.0740. The van der Waals surface area contributed by atoms with E-state index in [1.54, 1.807) is 48.9 Å². The average Bonchev–Trinajstić information content (AvgIpc) is 3.24. The Labute approximate surface area is 164 Å². The average molecular weight is 398 g/mol. The number of anilines is 1. The molecule has 0 saturated heterocycles. The minimum Gasteiger partial charge on any atom is -0.352 e. The molecular formula is C20H22N4O3S. The molecule has 0 atom stereocenters. The van der Waals surface area contributed by atoms with Crippen molar-refractivity contribution in [3.63, 3.8) is 0 Å². The van der Waals surface area contributed by atoms with Crippen LogP contribution in [0.25, 0.3) is 0 Å². The van der Waals surface area contributed by atoms with Gasteiger partial charge in [-0.3, -0.25) is 9.10 Å². The number of aromatic nitrogens is 2. The molecule has 0 aliphatic rings. The van der Waals surface area contributed by atoms with Crippen LogP contribution in [0.1, 0.15) is 16.8 Å². The van der Waals surface area contributed by atoms with Gasteiger partial charge in [0.25, 0.3) is 15.9 Å². The largest absolute Gasteiger partial charge is 0.352 e. The molecule has 1 heterocycles. The molecular weight excluding hydrogens is 376 g/mol. The first kappa shape index (κ1) is 19.6. The van der Waals surface area contributed by atoms with E-state index in [0.29, 0.717) is 17.8 Å². The lowest BCUT2D eigenvalue weighted by Crippen LogP contribution is -2.28. The van der Waals surface area contributed by atoms with Gasteiger partial charge in [0.2, 0.25) is 0 Å². The van der Waals surface area contributed by atoms with Crippen LogP contribution in [-0.2, 0) is 16.6 Å². The van der Waals surface area contributed by atoms with Gasteiger partial charge < -0.3 is 9.88 Å². The highest BCUT2D eigenvalue weighted by atomic mass is 32.2. The van der Waals surface area contributed by atoms with Gasteiger partial charge in [0, 0.05) is 38.1 Å². The smallest absolute Gasteiger partial charge is 0.264 e. The Bertz CT molecular complexity index is 1020. The fourth-order valence-corrected chi connectivity index (χ4v) is 3.96. The Hall–Kier alpha value is -3.13. The molecule has 1 aromatic heterocycles. The van der Waals surface area contributed by atoms with Crippen molar-refractivity contribution in [2.45, 2.75) is 17.9 Å². The van der Waals surface area contributed by atoms with E-state index >= 15 is 0 Å². The normalized spacial score (nSPS) is 11.2. The first-order valence-electron chi connectivity index (χ1n) is 8.86. The van der Waals surface area contributed by atoms with Gasteiger partial charge in [-0.2, -0.15) is 0 Å². The topological polar surface area (TPSA) is 84.3 Å². The number of nitrogens with one attached hydrogen (secondary N) is 1. The summed E-state index contributed by atoms with van der Waals surface area (Å²) in [5.41, 5.74) is 0.863. The molecule has 1 amide bonds. The van der Waals surface area contributed by atoms with E-state index < -0.39 is 10.0 Å². The monoisotopic (exact) mass is 398 g/mol. The maximum absolute atomic E-state index is 12.9. The van der Waals surface area contributed by atoms with Gasteiger partial charge in [0.15, 0.2) is 0 Å². The lowest BCUT2D eigenvalue weighted by molar-refractivity contribution is 0.0952. The summed E-state index contributed by atoms with van der Waals surface area (Å²) in [5.74, 6) is -0.301. The first-order valence-corrected chi connectivity index (χ1v) is 10.3. The fourth-order valence-electron chi connectivity index (χ4n) is 2.72. The maximum Gasteiger partial charge on any atom is 0.264 e.